The Hall–Kier alpha value is -2.87. The van der Waals surface area contributed by atoms with E-state index in [1.54, 1.807) is 30.3 Å². The molecular weight excluding hydrogens is 438 g/mol. The largest absolute Gasteiger partial charge is 0.352 e. The standard InChI is InChI=1S/C25H35N3O4S/c1-6-20(4)26-25(30)23(7-2)27(17-21-14-12-11-13-19(21)3)24(29)18-28(33(5,31)32)22-15-9-8-10-16-22/h8-16,20,23H,6-7,17-18H2,1-5H3,(H,26,30)/t20-,23+/m1/s1. The number of nitrogens with one attached hydrogen (secondary N) is 1. The number of sulfonamides is 1. The molecule has 0 aliphatic rings. The molecule has 8 heteroatoms. The van der Waals surface area contributed by atoms with Crippen molar-refractivity contribution in [3.63, 3.8) is 0 Å². The summed E-state index contributed by atoms with van der Waals surface area (Å²) >= 11 is 0. The van der Waals surface area contributed by atoms with Crippen molar-refractivity contribution in [2.24, 2.45) is 0 Å². The molecule has 33 heavy (non-hydrogen) atoms. The molecule has 2 aromatic carbocycles. The fourth-order valence-corrected chi connectivity index (χ4v) is 4.39. The van der Waals surface area contributed by atoms with Gasteiger partial charge in [-0.15, -0.1) is 0 Å². The lowest BCUT2D eigenvalue weighted by molar-refractivity contribution is -0.140. The summed E-state index contributed by atoms with van der Waals surface area (Å²) in [4.78, 5) is 28.2. The lowest BCUT2D eigenvalue weighted by atomic mass is 10.1. The van der Waals surface area contributed by atoms with Crippen molar-refractivity contribution in [1.29, 1.82) is 0 Å². The molecule has 0 aliphatic carbocycles. The van der Waals surface area contributed by atoms with Crippen molar-refractivity contribution in [2.45, 2.75) is 59.2 Å². The van der Waals surface area contributed by atoms with Gasteiger partial charge in [0.1, 0.15) is 12.6 Å². The third kappa shape index (κ3) is 7.32. The molecule has 2 aromatic rings. The molecule has 0 unspecified atom stereocenters. The highest BCUT2D eigenvalue weighted by atomic mass is 32.2. The van der Waals surface area contributed by atoms with Crippen LogP contribution in [0.5, 0.6) is 0 Å². The van der Waals surface area contributed by atoms with Crippen molar-refractivity contribution >= 4 is 27.5 Å². The number of rotatable bonds is 11. The van der Waals surface area contributed by atoms with Gasteiger partial charge in [-0.3, -0.25) is 13.9 Å². The van der Waals surface area contributed by atoms with Crippen LogP contribution < -0.4 is 9.62 Å². The summed E-state index contributed by atoms with van der Waals surface area (Å²) < 4.78 is 26.2. The van der Waals surface area contributed by atoms with Crippen molar-refractivity contribution < 1.29 is 18.0 Å². The average molecular weight is 474 g/mol. The first-order valence-electron chi connectivity index (χ1n) is 11.3. The van der Waals surface area contributed by atoms with Gasteiger partial charge >= 0.3 is 0 Å². The van der Waals surface area contributed by atoms with Gasteiger partial charge in [-0.05, 0) is 49.9 Å². The number of para-hydroxylation sites is 1. The molecule has 2 rings (SSSR count). The molecule has 0 bridgehead atoms. The van der Waals surface area contributed by atoms with E-state index < -0.39 is 22.0 Å². The Morgan fingerprint density at radius 2 is 1.58 bits per heavy atom. The molecule has 0 spiro atoms. The predicted octanol–water partition coefficient (Wildman–Crippen LogP) is 3.48. The zero-order valence-corrected chi connectivity index (χ0v) is 20.9. The molecule has 0 aromatic heterocycles. The summed E-state index contributed by atoms with van der Waals surface area (Å²) in [6.45, 7) is 7.52. The number of carbonyl (C=O) groups is 2. The van der Waals surface area contributed by atoms with Crippen LogP contribution in [-0.2, 0) is 26.2 Å². The van der Waals surface area contributed by atoms with Gasteiger partial charge in [-0.25, -0.2) is 8.42 Å². The third-order valence-electron chi connectivity index (χ3n) is 5.71. The normalized spacial score (nSPS) is 13.1. The quantitative estimate of drug-likeness (QED) is 0.541. The van der Waals surface area contributed by atoms with E-state index in [4.69, 9.17) is 0 Å². The minimum absolute atomic E-state index is 0.0289. The second-order valence-corrected chi connectivity index (χ2v) is 10.2. The van der Waals surface area contributed by atoms with Crippen LogP contribution in [0.4, 0.5) is 5.69 Å². The molecule has 0 heterocycles. The van der Waals surface area contributed by atoms with Crippen molar-refractivity contribution in [3.05, 3.63) is 65.7 Å². The van der Waals surface area contributed by atoms with Gasteiger partial charge in [0, 0.05) is 12.6 Å². The molecule has 0 aliphatic heterocycles. The van der Waals surface area contributed by atoms with E-state index in [2.05, 4.69) is 5.32 Å². The summed E-state index contributed by atoms with van der Waals surface area (Å²) in [6.07, 6.45) is 2.25. The fraction of sp³-hybridized carbons (Fsp3) is 0.440. The Bertz CT molecular complexity index is 1040. The SMILES string of the molecule is CC[C@@H](C)NC(=O)[C@H](CC)N(Cc1ccccc1C)C(=O)CN(c1ccccc1)S(C)(=O)=O. The number of amides is 2. The molecular formula is C25H35N3O4S. The Labute approximate surface area is 197 Å². The smallest absolute Gasteiger partial charge is 0.244 e. The van der Waals surface area contributed by atoms with Gasteiger partial charge < -0.3 is 10.2 Å². The fourth-order valence-electron chi connectivity index (χ4n) is 3.54. The van der Waals surface area contributed by atoms with Crippen LogP contribution >= 0.6 is 0 Å². The summed E-state index contributed by atoms with van der Waals surface area (Å²) in [5.74, 6) is -0.668. The number of carbonyl (C=O) groups excluding carboxylic acids is 2. The van der Waals surface area contributed by atoms with E-state index in [-0.39, 0.29) is 25.0 Å². The van der Waals surface area contributed by atoms with Crippen LogP contribution in [0.3, 0.4) is 0 Å². The van der Waals surface area contributed by atoms with Crippen molar-refractivity contribution in [2.75, 3.05) is 17.1 Å². The lowest BCUT2D eigenvalue weighted by Crippen LogP contribution is -2.53. The molecule has 0 saturated heterocycles. The summed E-state index contributed by atoms with van der Waals surface area (Å²) in [6, 6.07) is 15.4. The number of aryl methyl sites for hydroxylation is 1. The monoisotopic (exact) mass is 473 g/mol. The zero-order valence-electron chi connectivity index (χ0n) is 20.1. The topological polar surface area (TPSA) is 86.8 Å². The predicted molar refractivity (Wildman–Crippen MR) is 132 cm³/mol. The third-order valence-corrected chi connectivity index (χ3v) is 6.85. The van der Waals surface area contributed by atoms with Gasteiger partial charge in [-0.2, -0.15) is 0 Å². The van der Waals surface area contributed by atoms with E-state index in [0.29, 0.717) is 12.1 Å². The maximum Gasteiger partial charge on any atom is 0.244 e. The van der Waals surface area contributed by atoms with Crippen LogP contribution in [0.15, 0.2) is 54.6 Å². The van der Waals surface area contributed by atoms with E-state index >= 15 is 0 Å². The van der Waals surface area contributed by atoms with Crippen molar-refractivity contribution in [1.82, 2.24) is 10.2 Å². The maximum atomic E-state index is 13.6. The van der Waals surface area contributed by atoms with E-state index in [1.807, 2.05) is 52.0 Å². The van der Waals surface area contributed by atoms with Gasteiger partial charge in [0.05, 0.1) is 11.9 Å². The van der Waals surface area contributed by atoms with Crippen LogP contribution in [0.1, 0.15) is 44.7 Å². The average Bonchev–Trinajstić information content (AvgIpc) is 2.78. The minimum atomic E-state index is -3.72. The van der Waals surface area contributed by atoms with Crippen molar-refractivity contribution in [3.8, 4) is 0 Å². The number of nitrogens with zero attached hydrogens (tertiary/aromatic N) is 2. The molecule has 2 amide bonds. The Kier molecular flexibility index (Phi) is 9.46. The zero-order chi connectivity index (χ0) is 24.6. The number of hydrogen-bond donors (Lipinski definition) is 1. The van der Waals surface area contributed by atoms with Crippen LogP contribution in [0.25, 0.3) is 0 Å². The highest BCUT2D eigenvalue weighted by Gasteiger charge is 2.32. The second-order valence-electron chi connectivity index (χ2n) is 8.30. The Balaban J connectivity index is 2.43. The summed E-state index contributed by atoms with van der Waals surface area (Å²) in [5.41, 5.74) is 2.31. The molecule has 0 saturated carbocycles. The van der Waals surface area contributed by atoms with E-state index in [1.165, 1.54) is 4.90 Å². The first kappa shape index (κ1) is 26.4. The van der Waals surface area contributed by atoms with Crippen LogP contribution in [-0.4, -0.2) is 50.0 Å². The number of benzene rings is 2. The highest BCUT2D eigenvalue weighted by Crippen LogP contribution is 2.20. The van der Waals surface area contributed by atoms with Crippen LogP contribution in [0.2, 0.25) is 0 Å². The molecule has 2 atom stereocenters. The summed E-state index contributed by atoms with van der Waals surface area (Å²) in [7, 11) is -3.72. The van der Waals surface area contributed by atoms with Crippen LogP contribution in [0, 0.1) is 6.92 Å². The van der Waals surface area contributed by atoms with E-state index in [9.17, 15) is 18.0 Å². The molecule has 180 valence electrons. The maximum absolute atomic E-state index is 13.6. The number of hydrogen-bond acceptors (Lipinski definition) is 4. The molecule has 1 N–H and O–H groups in total. The number of anilines is 1. The van der Waals surface area contributed by atoms with Gasteiger partial charge in [0.15, 0.2) is 0 Å². The van der Waals surface area contributed by atoms with Gasteiger partial charge in [0.2, 0.25) is 21.8 Å². The molecule has 7 nitrogen and oxygen atoms in total. The Morgan fingerprint density at radius 1 is 0.970 bits per heavy atom. The first-order valence-corrected chi connectivity index (χ1v) is 13.1. The second kappa shape index (κ2) is 11.8. The summed E-state index contributed by atoms with van der Waals surface area (Å²) in [5, 5.41) is 2.97. The Morgan fingerprint density at radius 3 is 2.12 bits per heavy atom. The molecule has 0 fully saturated rings. The van der Waals surface area contributed by atoms with Gasteiger partial charge in [0.25, 0.3) is 0 Å². The highest BCUT2D eigenvalue weighted by molar-refractivity contribution is 7.92. The first-order chi connectivity index (χ1) is 15.6. The van der Waals surface area contributed by atoms with Gasteiger partial charge in [-0.1, -0.05) is 56.3 Å². The lowest BCUT2D eigenvalue weighted by Gasteiger charge is -2.33. The minimum Gasteiger partial charge on any atom is -0.352 e. The molecule has 0 radical (unpaired) electrons. The van der Waals surface area contributed by atoms with E-state index in [0.717, 1.165) is 28.1 Å².